The molecular formula is C15H19FN2O. The second-order valence-electron chi connectivity index (χ2n) is 5.54. The molecule has 1 amide bonds. The molecule has 0 bridgehead atoms. The van der Waals surface area contributed by atoms with Crippen molar-refractivity contribution in [2.75, 3.05) is 6.54 Å². The van der Waals surface area contributed by atoms with Gasteiger partial charge in [0, 0.05) is 11.6 Å². The fraction of sp³-hybridized carbons (Fsp3) is 0.533. The maximum Gasteiger partial charge on any atom is 0.238 e. The minimum Gasteiger partial charge on any atom is -0.319 e. The molecule has 1 aromatic carbocycles. The minimum absolute atomic E-state index is 0.0765. The van der Waals surface area contributed by atoms with Crippen LogP contribution in [0.25, 0.3) is 0 Å². The molecule has 0 spiro atoms. The van der Waals surface area contributed by atoms with E-state index in [0.717, 1.165) is 0 Å². The van der Waals surface area contributed by atoms with E-state index in [0.29, 0.717) is 18.0 Å². The average molecular weight is 262 g/mol. The maximum absolute atomic E-state index is 13.9. The van der Waals surface area contributed by atoms with Crippen molar-refractivity contribution in [3.8, 4) is 0 Å². The van der Waals surface area contributed by atoms with Crippen molar-refractivity contribution in [2.24, 2.45) is 5.92 Å². The van der Waals surface area contributed by atoms with E-state index in [-0.39, 0.29) is 23.9 Å². The van der Waals surface area contributed by atoms with Crippen LogP contribution in [0.5, 0.6) is 0 Å². The Morgan fingerprint density at radius 3 is 2.74 bits per heavy atom. The van der Waals surface area contributed by atoms with E-state index in [1.165, 1.54) is 25.3 Å². The number of hydrogen-bond donors (Lipinski definition) is 1. The van der Waals surface area contributed by atoms with Gasteiger partial charge < -0.3 is 4.90 Å². The normalized spacial score (nSPS) is 25.5. The summed E-state index contributed by atoms with van der Waals surface area (Å²) in [6.45, 7) is 2.39. The van der Waals surface area contributed by atoms with Crippen LogP contribution in [0, 0.1) is 11.7 Å². The lowest BCUT2D eigenvalue weighted by Gasteiger charge is -2.39. The first-order valence-corrected chi connectivity index (χ1v) is 6.97. The second kappa shape index (κ2) is 4.93. The highest BCUT2D eigenvalue weighted by atomic mass is 19.1. The van der Waals surface area contributed by atoms with E-state index in [1.54, 1.807) is 12.1 Å². The summed E-state index contributed by atoms with van der Waals surface area (Å²) in [6, 6.07) is 6.88. The fourth-order valence-corrected chi connectivity index (χ4v) is 3.09. The zero-order valence-corrected chi connectivity index (χ0v) is 11.1. The van der Waals surface area contributed by atoms with Crippen molar-refractivity contribution < 1.29 is 9.18 Å². The molecule has 19 heavy (non-hydrogen) atoms. The Morgan fingerprint density at radius 2 is 2.11 bits per heavy atom. The third-order valence-corrected chi connectivity index (χ3v) is 4.48. The molecule has 2 aliphatic rings. The van der Waals surface area contributed by atoms with Crippen molar-refractivity contribution in [2.45, 2.75) is 38.4 Å². The van der Waals surface area contributed by atoms with Gasteiger partial charge in [-0.3, -0.25) is 10.1 Å². The predicted octanol–water partition coefficient (Wildman–Crippen LogP) is 2.44. The zero-order chi connectivity index (χ0) is 13.4. The van der Waals surface area contributed by atoms with Gasteiger partial charge in [-0.2, -0.15) is 0 Å². The predicted molar refractivity (Wildman–Crippen MR) is 70.8 cm³/mol. The number of hydrogen-bond acceptors (Lipinski definition) is 2. The maximum atomic E-state index is 13.9. The van der Waals surface area contributed by atoms with E-state index in [9.17, 15) is 9.18 Å². The molecule has 1 N–H and O–H groups in total. The van der Waals surface area contributed by atoms with Crippen molar-refractivity contribution in [3.63, 3.8) is 0 Å². The molecule has 1 aromatic rings. The van der Waals surface area contributed by atoms with Crippen molar-refractivity contribution >= 4 is 5.91 Å². The summed E-state index contributed by atoms with van der Waals surface area (Å²) in [5.41, 5.74) is 0.569. The van der Waals surface area contributed by atoms with Gasteiger partial charge in [0.1, 0.15) is 12.0 Å². The van der Waals surface area contributed by atoms with Crippen molar-refractivity contribution in [1.82, 2.24) is 10.2 Å². The van der Waals surface area contributed by atoms with Gasteiger partial charge in [-0.05, 0) is 31.7 Å². The SMILES string of the molecule is CC(C1CCC1)N1C(=O)CNC1c1ccccc1F. The summed E-state index contributed by atoms with van der Waals surface area (Å²) in [4.78, 5) is 13.9. The third-order valence-electron chi connectivity index (χ3n) is 4.48. The van der Waals surface area contributed by atoms with Gasteiger partial charge >= 0.3 is 0 Å². The topological polar surface area (TPSA) is 32.3 Å². The van der Waals surface area contributed by atoms with Crippen LogP contribution in [-0.2, 0) is 4.79 Å². The van der Waals surface area contributed by atoms with Gasteiger partial charge in [0.05, 0.1) is 6.54 Å². The largest absolute Gasteiger partial charge is 0.319 e. The molecule has 4 heteroatoms. The molecule has 3 nitrogen and oxygen atoms in total. The number of carbonyl (C=O) groups is 1. The molecule has 0 radical (unpaired) electrons. The Kier molecular flexibility index (Phi) is 3.27. The highest BCUT2D eigenvalue weighted by molar-refractivity contribution is 5.81. The summed E-state index contributed by atoms with van der Waals surface area (Å²) in [5.74, 6) is 0.395. The first-order chi connectivity index (χ1) is 9.18. The van der Waals surface area contributed by atoms with Gasteiger partial charge in [-0.25, -0.2) is 4.39 Å². The van der Waals surface area contributed by atoms with Crippen LogP contribution >= 0.6 is 0 Å². The van der Waals surface area contributed by atoms with Crippen LogP contribution in [0.15, 0.2) is 24.3 Å². The lowest BCUT2D eigenvalue weighted by atomic mass is 9.79. The van der Waals surface area contributed by atoms with Crippen LogP contribution in [0.2, 0.25) is 0 Å². The standard InChI is InChI=1S/C15H19FN2O/c1-10(11-5-4-6-11)18-14(19)9-17-15(18)12-7-2-3-8-13(12)16/h2-3,7-8,10-11,15,17H,4-6,9H2,1H3. The van der Waals surface area contributed by atoms with Gasteiger partial charge in [-0.1, -0.05) is 24.6 Å². The van der Waals surface area contributed by atoms with Gasteiger partial charge in [0.15, 0.2) is 0 Å². The summed E-state index contributed by atoms with van der Waals surface area (Å²) < 4.78 is 13.9. The summed E-state index contributed by atoms with van der Waals surface area (Å²) in [7, 11) is 0. The highest BCUT2D eigenvalue weighted by Gasteiger charge is 2.40. The number of nitrogens with one attached hydrogen (secondary N) is 1. The first-order valence-electron chi connectivity index (χ1n) is 6.97. The molecule has 1 heterocycles. The van der Waals surface area contributed by atoms with Crippen LogP contribution in [0.3, 0.4) is 0 Å². The summed E-state index contributed by atoms with van der Waals surface area (Å²) in [6.07, 6.45) is 3.28. The zero-order valence-electron chi connectivity index (χ0n) is 11.1. The number of carbonyl (C=O) groups excluding carboxylic acids is 1. The number of rotatable bonds is 3. The second-order valence-corrected chi connectivity index (χ2v) is 5.54. The molecule has 2 unspecified atom stereocenters. The quantitative estimate of drug-likeness (QED) is 0.907. The van der Waals surface area contributed by atoms with Crippen molar-refractivity contribution in [3.05, 3.63) is 35.6 Å². The molecule has 1 aliphatic carbocycles. The third kappa shape index (κ3) is 2.14. The minimum atomic E-state index is -0.315. The van der Waals surface area contributed by atoms with E-state index in [4.69, 9.17) is 0 Å². The highest BCUT2D eigenvalue weighted by Crippen LogP contribution is 2.36. The van der Waals surface area contributed by atoms with E-state index >= 15 is 0 Å². The van der Waals surface area contributed by atoms with Crippen molar-refractivity contribution in [1.29, 1.82) is 0 Å². The summed E-state index contributed by atoms with van der Waals surface area (Å²) >= 11 is 0. The number of benzene rings is 1. The number of amides is 1. The van der Waals surface area contributed by atoms with Crippen LogP contribution in [0.1, 0.15) is 37.9 Å². The molecule has 0 aromatic heterocycles. The first kappa shape index (κ1) is 12.6. The molecule has 1 saturated heterocycles. The molecule has 1 aliphatic heterocycles. The lowest BCUT2D eigenvalue weighted by Crippen LogP contribution is -2.44. The molecule has 3 rings (SSSR count). The lowest BCUT2D eigenvalue weighted by molar-refractivity contribution is -0.131. The van der Waals surface area contributed by atoms with E-state index < -0.39 is 0 Å². The van der Waals surface area contributed by atoms with Crippen LogP contribution in [0.4, 0.5) is 4.39 Å². The average Bonchev–Trinajstić information content (AvgIpc) is 2.69. The molecule has 102 valence electrons. The molecule has 2 atom stereocenters. The van der Waals surface area contributed by atoms with Gasteiger partial charge in [0.2, 0.25) is 5.91 Å². The smallest absolute Gasteiger partial charge is 0.238 e. The van der Waals surface area contributed by atoms with Crippen LogP contribution in [-0.4, -0.2) is 23.4 Å². The Hall–Kier alpha value is -1.42. The Morgan fingerprint density at radius 1 is 1.37 bits per heavy atom. The molecule has 1 saturated carbocycles. The monoisotopic (exact) mass is 262 g/mol. The van der Waals surface area contributed by atoms with Crippen LogP contribution < -0.4 is 5.32 Å². The van der Waals surface area contributed by atoms with E-state index in [2.05, 4.69) is 12.2 Å². The fourth-order valence-electron chi connectivity index (χ4n) is 3.09. The van der Waals surface area contributed by atoms with E-state index in [1.807, 2.05) is 11.0 Å². The van der Waals surface area contributed by atoms with Gasteiger partial charge in [0.25, 0.3) is 0 Å². The van der Waals surface area contributed by atoms with Gasteiger partial charge in [-0.15, -0.1) is 0 Å². The number of halogens is 1. The Labute approximate surface area is 112 Å². The molecule has 2 fully saturated rings. The molecular weight excluding hydrogens is 243 g/mol. The summed E-state index contributed by atoms with van der Waals surface area (Å²) in [5, 5.41) is 3.13. The Balaban J connectivity index is 1.87. The Bertz CT molecular complexity index is 487. The number of nitrogens with zero attached hydrogens (tertiary/aromatic N) is 1.